The lowest BCUT2D eigenvalue weighted by Gasteiger charge is -2.18. The highest BCUT2D eigenvalue weighted by molar-refractivity contribution is 7.99. The van der Waals surface area contributed by atoms with Crippen LogP contribution < -0.4 is 5.32 Å². The number of furan rings is 1. The Morgan fingerprint density at radius 2 is 2.03 bits per heavy atom. The molecular weight excluding hydrogens is 404 g/mol. The average molecular weight is 425 g/mol. The van der Waals surface area contributed by atoms with Gasteiger partial charge in [0.1, 0.15) is 0 Å². The first-order chi connectivity index (χ1) is 14.3. The molecule has 1 unspecified atom stereocenters. The summed E-state index contributed by atoms with van der Waals surface area (Å²) >= 11 is 3.00. The molecule has 0 aliphatic rings. The number of thioether (sulfide) groups is 1. The Labute approximate surface area is 177 Å². The summed E-state index contributed by atoms with van der Waals surface area (Å²) in [5, 5.41) is 14.3. The molecule has 1 aromatic carbocycles. The predicted octanol–water partition coefficient (Wildman–Crippen LogP) is 4.62. The van der Waals surface area contributed by atoms with Crippen molar-refractivity contribution in [3.05, 3.63) is 76.7 Å². The minimum Gasteiger partial charge on any atom is -0.461 e. The highest BCUT2D eigenvalue weighted by atomic mass is 32.2. The summed E-state index contributed by atoms with van der Waals surface area (Å²) in [6, 6.07) is 17.5. The summed E-state index contributed by atoms with van der Waals surface area (Å²) in [6.07, 6.45) is 1.61. The minimum absolute atomic E-state index is 0.0533. The fraction of sp³-hybridized carbons (Fsp3) is 0.190. The number of nitrogens with zero attached hydrogens (tertiary/aromatic N) is 3. The molecule has 8 heteroatoms. The van der Waals surface area contributed by atoms with Crippen LogP contribution in [0.5, 0.6) is 0 Å². The quantitative estimate of drug-likeness (QED) is 0.418. The SMILES string of the molecule is CCn1c(SCC(=O)NC(c2ccccc2)c2cccs2)nnc1-c1ccco1. The molecule has 0 fully saturated rings. The van der Waals surface area contributed by atoms with Crippen LogP contribution in [0.2, 0.25) is 0 Å². The fourth-order valence-electron chi connectivity index (χ4n) is 3.02. The standard InChI is InChI=1S/C21H20N4O2S2/c1-2-25-20(16-10-6-12-27-16)23-24-21(25)29-14-18(26)22-19(17-11-7-13-28-17)15-8-4-3-5-9-15/h3-13,19H,2,14H2,1H3,(H,22,26). The van der Waals surface area contributed by atoms with Gasteiger partial charge in [-0.15, -0.1) is 21.5 Å². The molecule has 0 radical (unpaired) electrons. The molecule has 3 heterocycles. The summed E-state index contributed by atoms with van der Waals surface area (Å²) in [7, 11) is 0. The number of nitrogens with one attached hydrogen (secondary N) is 1. The van der Waals surface area contributed by atoms with Crippen molar-refractivity contribution in [1.29, 1.82) is 0 Å². The zero-order chi connectivity index (χ0) is 20.1. The molecule has 148 valence electrons. The Hall–Kier alpha value is -2.84. The number of benzene rings is 1. The molecule has 1 amide bonds. The topological polar surface area (TPSA) is 73.0 Å². The number of thiophene rings is 1. The van der Waals surface area contributed by atoms with Crippen molar-refractivity contribution >= 4 is 29.0 Å². The van der Waals surface area contributed by atoms with Crippen molar-refractivity contribution in [2.45, 2.75) is 24.7 Å². The summed E-state index contributed by atoms with van der Waals surface area (Å²) in [5.74, 6) is 1.53. The van der Waals surface area contributed by atoms with E-state index in [0.29, 0.717) is 23.3 Å². The molecule has 0 saturated heterocycles. The van der Waals surface area contributed by atoms with Crippen molar-refractivity contribution in [3.63, 3.8) is 0 Å². The molecular formula is C21H20N4O2S2. The lowest BCUT2D eigenvalue weighted by molar-refractivity contribution is -0.119. The molecule has 29 heavy (non-hydrogen) atoms. The van der Waals surface area contributed by atoms with Crippen LogP contribution in [0, 0.1) is 0 Å². The van der Waals surface area contributed by atoms with E-state index in [1.54, 1.807) is 17.6 Å². The highest BCUT2D eigenvalue weighted by Gasteiger charge is 2.20. The van der Waals surface area contributed by atoms with E-state index in [1.165, 1.54) is 11.8 Å². The zero-order valence-electron chi connectivity index (χ0n) is 15.8. The number of amides is 1. The lowest BCUT2D eigenvalue weighted by Crippen LogP contribution is -2.30. The van der Waals surface area contributed by atoms with Crippen molar-refractivity contribution < 1.29 is 9.21 Å². The number of rotatable bonds is 8. The van der Waals surface area contributed by atoms with Crippen LogP contribution in [-0.2, 0) is 11.3 Å². The smallest absolute Gasteiger partial charge is 0.231 e. The Bertz CT molecular complexity index is 1040. The van der Waals surface area contributed by atoms with Gasteiger partial charge in [0.05, 0.1) is 18.1 Å². The van der Waals surface area contributed by atoms with Crippen LogP contribution in [0.25, 0.3) is 11.6 Å². The monoisotopic (exact) mass is 424 g/mol. The normalized spacial score (nSPS) is 12.0. The van der Waals surface area contributed by atoms with E-state index in [1.807, 2.05) is 71.5 Å². The Kier molecular flexibility index (Phi) is 6.12. The van der Waals surface area contributed by atoms with Gasteiger partial charge in [-0.2, -0.15) is 0 Å². The molecule has 3 aromatic heterocycles. The van der Waals surface area contributed by atoms with Gasteiger partial charge in [-0.05, 0) is 36.1 Å². The maximum absolute atomic E-state index is 12.7. The third-order valence-electron chi connectivity index (χ3n) is 4.37. The average Bonchev–Trinajstić information content (AvgIpc) is 3.52. The summed E-state index contributed by atoms with van der Waals surface area (Å²) in [4.78, 5) is 13.8. The number of carbonyl (C=O) groups is 1. The van der Waals surface area contributed by atoms with Gasteiger partial charge in [0.2, 0.25) is 5.91 Å². The van der Waals surface area contributed by atoms with Crippen LogP contribution in [0.3, 0.4) is 0 Å². The zero-order valence-corrected chi connectivity index (χ0v) is 17.5. The second-order valence-corrected chi connectivity index (χ2v) is 8.16. The third-order valence-corrected chi connectivity index (χ3v) is 6.28. The molecule has 0 aliphatic carbocycles. The third kappa shape index (κ3) is 4.44. The van der Waals surface area contributed by atoms with E-state index in [4.69, 9.17) is 4.42 Å². The van der Waals surface area contributed by atoms with Crippen molar-refractivity contribution in [2.24, 2.45) is 0 Å². The molecule has 0 spiro atoms. The fourth-order valence-corrected chi connectivity index (χ4v) is 4.64. The van der Waals surface area contributed by atoms with Crippen LogP contribution in [0.15, 0.2) is 75.8 Å². The first-order valence-electron chi connectivity index (χ1n) is 9.24. The van der Waals surface area contributed by atoms with Gasteiger partial charge in [0.15, 0.2) is 16.7 Å². The molecule has 4 rings (SSSR count). The van der Waals surface area contributed by atoms with Crippen LogP contribution in [0.1, 0.15) is 23.4 Å². The number of aromatic nitrogens is 3. The van der Waals surface area contributed by atoms with E-state index in [-0.39, 0.29) is 17.7 Å². The molecule has 0 saturated carbocycles. The van der Waals surface area contributed by atoms with Gasteiger partial charge in [0.25, 0.3) is 0 Å². The molecule has 0 bridgehead atoms. The van der Waals surface area contributed by atoms with E-state index in [0.717, 1.165) is 10.4 Å². The highest BCUT2D eigenvalue weighted by Crippen LogP contribution is 2.27. The van der Waals surface area contributed by atoms with Gasteiger partial charge < -0.3 is 9.73 Å². The maximum atomic E-state index is 12.7. The molecule has 1 N–H and O–H groups in total. The summed E-state index contributed by atoms with van der Waals surface area (Å²) in [5.41, 5.74) is 1.06. The first kappa shape index (κ1) is 19.5. The van der Waals surface area contributed by atoms with Crippen LogP contribution in [0.4, 0.5) is 0 Å². The number of carbonyl (C=O) groups excluding carboxylic acids is 1. The van der Waals surface area contributed by atoms with Crippen molar-refractivity contribution in [2.75, 3.05) is 5.75 Å². The van der Waals surface area contributed by atoms with Crippen molar-refractivity contribution in [1.82, 2.24) is 20.1 Å². The molecule has 6 nitrogen and oxygen atoms in total. The summed E-state index contributed by atoms with van der Waals surface area (Å²) < 4.78 is 7.38. The van der Waals surface area contributed by atoms with E-state index in [2.05, 4.69) is 15.5 Å². The maximum Gasteiger partial charge on any atom is 0.231 e. The van der Waals surface area contributed by atoms with Gasteiger partial charge in [0, 0.05) is 11.4 Å². The first-order valence-corrected chi connectivity index (χ1v) is 11.1. The number of hydrogen-bond acceptors (Lipinski definition) is 6. The lowest BCUT2D eigenvalue weighted by atomic mass is 10.1. The van der Waals surface area contributed by atoms with Gasteiger partial charge in [-0.3, -0.25) is 9.36 Å². The molecule has 0 aliphatic heterocycles. The number of hydrogen-bond donors (Lipinski definition) is 1. The van der Waals surface area contributed by atoms with Gasteiger partial charge in [-0.25, -0.2) is 0 Å². The van der Waals surface area contributed by atoms with E-state index < -0.39 is 0 Å². The Morgan fingerprint density at radius 3 is 2.72 bits per heavy atom. The Morgan fingerprint density at radius 1 is 1.17 bits per heavy atom. The predicted molar refractivity (Wildman–Crippen MR) is 115 cm³/mol. The van der Waals surface area contributed by atoms with E-state index in [9.17, 15) is 4.79 Å². The Balaban J connectivity index is 1.46. The van der Waals surface area contributed by atoms with Crippen molar-refractivity contribution in [3.8, 4) is 11.6 Å². The van der Waals surface area contributed by atoms with Crippen LogP contribution >= 0.6 is 23.1 Å². The van der Waals surface area contributed by atoms with Crippen LogP contribution in [-0.4, -0.2) is 26.4 Å². The minimum atomic E-state index is -0.160. The van der Waals surface area contributed by atoms with Gasteiger partial charge >= 0.3 is 0 Å². The summed E-state index contributed by atoms with van der Waals surface area (Å²) in [6.45, 7) is 2.71. The second kappa shape index (κ2) is 9.11. The molecule has 1 atom stereocenters. The van der Waals surface area contributed by atoms with Gasteiger partial charge in [-0.1, -0.05) is 48.2 Å². The van der Waals surface area contributed by atoms with E-state index >= 15 is 0 Å². The second-order valence-electron chi connectivity index (χ2n) is 6.24. The molecule has 4 aromatic rings. The largest absolute Gasteiger partial charge is 0.461 e.